The van der Waals surface area contributed by atoms with Crippen LogP contribution in [0.3, 0.4) is 0 Å². The second-order valence-electron chi connectivity index (χ2n) is 4.22. The quantitative estimate of drug-likeness (QED) is 0.826. The third-order valence-electron chi connectivity index (χ3n) is 3.33. The lowest BCUT2D eigenvalue weighted by Crippen LogP contribution is -2.04. The second-order valence-corrected chi connectivity index (χ2v) is 4.22. The van der Waals surface area contributed by atoms with E-state index < -0.39 is 5.97 Å². The van der Waals surface area contributed by atoms with E-state index in [9.17, 15) is 9.90 Å². The Morgan fingerprint density at radius 2 is 1.44 bits per heavy atom. The zero-order valence-corrected chi connectivity index (χ0v) is 10.2. The Morgan fingerprint density at radius 1 is 1.00 bits per heavy atom. The molecule has 0 saturated heterocycles. The van der Waals surface area contributed by atoms with Crippen LogP contribution in [-0.2, 0) is 11.2 Å². The van der Waals surface area contributed by atoms with Gasteiger partial charge in [0.25, 0.3) is 0 Å². The van der Waals surface area contributed by atoms with Crippen LogP contribution in [-0.4, -0.2) is 16.2 Å². The van der Waals surface area contributed by atoms with E-state index >= 15 is 0 Å². The molecular formula is C13H18O3. The first-order valence-corrected chi connectivity index (χ1v) is 5.36. The molecule has 16 heavy (non-hydrogen) atoms. The molecule has 0 aromatic heterocycles. The van der Waals surface area contributed by atoms with Gasteiger partial charge in [0.2, 0.25) is 0 Å². The monoisotopic (exact) mass is 222 g/mol. The minimum absolute atomic E-state index is 0.130. The van der Waals surface area contributed by atoms with Crippen molar-refractivity contribution < 1.29 is 15.0 Å². The fourth-order valence-corrected chi connectivity index (χ4v) is 1.98. The molecule has 0 atom stereocenters. The van der Waals surface area contributed by atoms with Crippen LogP contribution in [0, 0.1) is 27.7 Å². The van der Waals surface area contributed by atoms with Gasteiger partial charge >= 0.3 is 5.97 Å². The van der Waals surface area contributed by atoms with Gasteiger partial charge in [-0.3, -0.25) is 4.79 Å². The summed E-state index contributed by atoms with van der Waals surface area (Å²) in [4.78, 5) is 10.6. The van der Waals surface area contributed by atoms with Crippen LogP contribution in [0.2, 0.25) is 0 Å². The molecule has 3 heteroatoms. The van der Waals surface area contributed by atoms with Crippen molar-refractivity contribution in [2.24, 2.45) is 0 Å². The third-order valence-corrected chi connectivity index (χ3v) is 3.33. The van der Waals surface area contributed by atoms with Gasteiger partial charge in [-0.1, -0.05) is 0 Å². The molecule has 2 N–H and O–H groups in total. The lowest BCUT2D eigenvalue weighted by Gasteiger charge is -2.16. The summed E-state index contributed by atoms with van der Waals surface area (Å²) < 4.78 is 0. The molecule has 0 fully saturated rings. The molecule has 1 aromatic rings. The molecule has 0 aliphatic carbocycles. The highest BCUT2D eigenvalue weighted by atomic mass is 16.4. The number of aliphatic carboxylic acids is 1. The zero-order valence-electron chi connectivity index (χ0n) is 10.2. The number of hydrogen-bond donors (Lipinski definition) is 2. The van der Waals surface area contributed by atoms with Crippen molar-refractivity contribution in [3.63, 3.8) is 0 Å². The zero-order chi connectivity index (χ0) is 12.5. The van der Waals surface area contributed by atoms with Gasteiger partial charge in [-0.2, -0.15) is 0 Å². The Morgan fingerprint density at radius 3 is 1.81 bits per heavy atom. The summed E-state index contributed by atoms with van der Waals surface area (Å²) in [5.41, 5.74) is 4.76. The van der Waals surface area contributed by atoms with E-state index in [1.54, 1.807) is 0 Å². The molecule has 0 heterocycles. The van der Waals surface area contributed by atoms with Gasteiger partial charge in [-0.05, 0) is 61.9 Å². The molecule has 0 amide bonds. The predicted octanol–water partition coefficient (Wildman–Crippen LogP) is 2.64. The van der Waals surface area contributed by atoms with E-state index in [0.29, 0.717) is 12.2 Å². The number of phenolic OH excluding ortho intramolecular Hbond substituents is 1. The van der Waals surface area contributed by atoms with Crippen molar-refractivity contribution in [2.45, 2.75) is 40.5 Å². The van der Waals surface area contributed by atoms with Crippen LogP contribution in [0.15, 0.2) is 0 Å². The Hall–Kier alpha value is -1.51. The summed E-state index contributed by atoms with van der Waals surface area (Å²) in [5, 5.41) is 18.6. The number of benzene rings is 1. The fourth-order valence-electron chi connectivity index (χ4n) is 1.98. The van der Waals surface area contributed by atoms with Crippen LogP contribution in [0.4, 0.5) is 0 Å². The predicted molar refractivity (Wildman–Crippen MR) is 63.0 cm³/mol. The summed E-state index contributed by atoms with van der Waals surface area (Å²) in [7, 11) is 0. The second kappa shape index (κ2) is 4.56. The minimum Gasteiger partial charge on any atom is -0.507 e. The van der Waals surface area contributed by atoms with E-state index in [4.69, 9.17) is 5.11 Å². The van der Waals surface area contributed by atoms with Crippen molar-refractivity contribution in [2.75, 3.05) is 0 Å². The average Bonchev–Trinajstić information content (AvgIpc) is 2.23. The van der Waals surface area contributed by atoms with E-state index in [2.05, 4.69) is 0 Å². The maximum Gasteiger partial charge on any atom is 0.303 e. The highest BCUT2D eigenvalue weighted by Crippen LogP contribution is 2.31. The van der Waals surface area contributed by atoms with Gasteiger partial charge in [0.1, 0.15) is 5.75 Å². The first-order chi connectivity index (χ1) is 7.36. The van der Waals surface area contributed by atoms with Crippen molar-refractivity contribution in [3.05, 3.63) is 27.8 Å². The Kier molecular flexibility index (Phi) is 3.58. The van der Waals surface area contributed by atoms with Gasteiger partial charge in [0, 0.05) is 6.42 Å². The molecule has 0 saturated carbocycles. The van der Waals surface area contributed by atoms with Crippen LogP contribution in [0.1, 0.15) is 34.2 Å². The number of hydrogen-bond acceptors (Lipinski definition) is 2. The molecule has 0 bridgehead atoms. The first kappa shape index (κ1) is 12.6. The highest BCUT2D eigenvalue weighted by molar-refractivity contribution is 5.67. The Labute approximate surface area is 95.7 Å². The summed E-state index contributed by atoms with van der Waals surface area (Å²) in [6, 6.07) is 0. The van der Waals surface area contributed by atoms with Crippen LogP contribution >= 0.6 is 0 Å². The molecule has 0 unspecified atom stereocenters. The third kappa shape index (κ3) is 2.18. The van der Waals surface area contributed by atoms with Gasteiger partial charge in [0.15, 0.2) is 0 Å². The largest absolute Gasteiger partial charge is 0.507 e. The van der Waals surface area contributed by atoms with Crippen LogP contribution < -0.4 is 0 Å². The van der Waals surface area contributed by atoms with Crippen molar-refractivity contribution in [1.82, 2.24) is 0 Å². The van der Waals surface area contributed by atoms with E-state index in [0.717, 1.165) is 27.8 Å². The van der Waals surface area contributed by atoms with Crippen molar-refractivity contribution in [3.8, 4) is 5.75 Å². The number of rotatable bonds is 3. The van der Waals surface area contributed by atoms with Crippen molar-refractivity contribution in [1.29, 1.82) is 0 Å². The summed E-state index contributed by atoms with van der Waals surface area (Å²) in [6.07, 6.45) is 0.653. The number of carboxylic acids is 1. The van der Waals surface area contributed by atoms with Gasteiger partial charge in [0.05, 0.1) is 0 Å². The lowest BCUT2D eigenvalue weighted by atomic mass is 9.90. The Bertz CT molecular complexity index is 404. The fraction of sp³-hybridized carbons (Fsp3) is 0.462. The lowest BCUT2D eigenvalue weighted by molar-refractivity contribution is -0.136. The van der Waals surface area contributed by atoms with Crippen LogP contribution in [0.25, 0.3) is 0 Å². The normalized spacial score (nSPS) is 10.5. The van der Waals surface area contributed by atoms with Gasteiger partial charge in [-0.25, -0.2) is 0 Å². The van der Waals surface area contributed by atoms with E-state index in [-0.39, 0.29) is 6.42 Å². The number of aromatic hydroxyl groups is 1. The molecular weight excluding hydrogens is 204 g/mol. The number of carboxylic acid groups (broad SMARTS) is 1. The molecule has 0 aliphatic rings. The molecule has 0 radical (unpaired) electrons. The summed E-state index contributed by atoms with van der Waals surface area (Å²) >= 11 is 0. The standard InChI is InChI=1S/C13H18O3/c1-7-9(3)13(16)10(4)8(2)11(7)5-6-12(14)15/h16H,5-6H2,1-4H3,(H,14,15). The van der Waals surface area contributed by atoms with E-state index in [1.807, 2.05) is 27.7 Å². The molecule has 1 rings (SSSR count). The smallest absolute Gasteiger partial charge is 0.303 e. The highest BCUT2D eigenvalue weighted by Gasteiger charge is 2.14. The van der Waals surface area contributed by atoms with Crippen molar-refractivity contribution >= 4 is 5.97 Å². The van der Waals surface area contributed by atoms with Gasteiger partial charge < -0.3 is 10.2 Å². The minimum atomic E-state index is -0.790. The molecule has 1 aromatic carbocycles. The van der Waals surface area contributed by atoms with Gasteiger partial charge in [-0.15, -0.1) is 0 Å². The molecule has 0 spiro atoms. The topological polar surface area (TPSA) is 57.5 Å². The maximum absolute atomic E-state index is 10.6. The maximum atomic E-state index is 10.6. The summed E-state index contributed by atoms with van der Waals surface area (Å²) in [6.45, 7) is 7.58. The van der Waals surface area contributed by atoms with E-state index in [1.165, 1.54) is 0 Å². The number of phenols is 1. The first-order valence-electron chi connectivity index (χ1n) is 5.36. The average molecular weight is 222 g/mol. The molecule has 3 nitrogen and oxygen atoms in total. The number of carbonyl (C=O) groups is 1. The molecule has 0 aliphatic heterocycles. The Balaban J connectivity index is 3.23. The SMILES string of the molecule is Cc1c(C)c(CCC(=O)O)c(C)c(C)c1O. The van der Waals surface area contributed by atoms with Crippen LogP contribution in [0.5, 0.6) is 5.75 Å². The summed E-state index contributed by atoms with van der Waals surface area (Å²) in [5.74, 6) is -0.462. The molecule has 88 valence electrons.